The van der Waals surface area contributed by atoms with Crippen molar-refractivity contribution >= 4 is 0 Å². The van der Waals surface area contributed by atoms with Crippen LogP contribution in [-0.4, -0.2) is 4.98 Å². The van der Waals surface area contributed by atoms with Crippen LogP contribution < -0.4 is 0 Å². The Hall–Kier alpha value is 0.254. The first-order chi connectivity index (χ1) is 6.34. The van der Waals surface area contributed by atoms with E-state index in [0.717, 1.165) is 5.92 Å². The number of hydrogen-bond donors (Lipinski definition) is 0. The van der Waals surface area contributed by atoms with Crippen LogP contribution >= 0.6 is 0 Å². The summed E-state index contributed by atoms with van der Waals surface area (Å²) < 4.78 is 0. The van der Waals surface area contributed by atoms with Crippen molar-refractivity contribution in [3.05, 3.63) is 36.0 Å². The maximum absolute atomic E-state index is 4.68. The van der Waals surface area contributed by atoms with E-state index < -0.39 is 0 Å². The second-order valence-corrected chi connectivity index (χ2v) is 4.29. The Morgan fingerprint density at radius 1 is 1.27 bits per heavy atom. The molecule has 2 heteroatoms. The summed E-state index contributed by atoms with van der Waals surface area (Å²) in [5.74, 6) is 0.804. The summed E-state index contributed by atoms with van der Waals surface area (Å²) >= 11 is 0. The Kier molecular flexibility index (Phi) is 4.49. The van der Waals surface area contributed by atoms with Crippen LogP contribution in [0, 0.1) is 20.4 Å². The van der Waals surface area contributed by atoms with Gasteiger partial charge in [0.25, 0.3) is 0 Å². The number of rotatable bonds is 1. The SMILES string of the molecule is Cc1nc2c([c-]c1C1CC1)CCC2.[CH3-].[Y]. The largest absolute Gasteiger partial charge is 0.384 e. The molecule has 2 aliphatic carbocycles. The summed E-state index contributed by atoms with van der Waals surface area (Å²) in [5.41, 5.74) is 5.39. The number of pyridine rings is 1. The van der Waals surface area contributed by atoms with Crippen molar-refractivity contribution in [1.82, 2.24) is 4.98 Å². The third-order valence-electron chi connectivity index (χ3n) is 3.15. The van der Waals surface area contributed by atoms with Crippen molar-refractivity contribution in [1.29, 1.82) is 0 Å². The van der Waals surface area contributed by atoms with Crippen LogP contribution in [0.15, 0.2) is 0 Å². The molecule has 0 amide bonds. The number of nitrogens with zero attached hydrogens (tertiary/aromatic N) is 1. The molecular formula is C13H17NY-2. The molecule has 0 unspecified atom stereocenters. The first-order valence-corrected chi connectivity index (χ1v) is 5.26. The van der Waals surface area contributed by atoms with Gasteiger partial charge in [-0.25, -0.2) is 0 Å². The molecule has 0 bridgehead atoms. The summed E-state index contributed by atoms with van der Waals surface area (Å²) in [6.45, 7) is 2.14. The quantitative estimate of drug-likeness (QED) is 0.718. The molecule has 0 spiro atoms. The molecule has 79 valence electrons. The smallest absolute Gasteiger partial charge is 0 e. The van der Waals surface area contributed by atoms with Gasteiger partial charge in [-0.15, -0.1) is 11.1 Å². The van der Waals surface area contributed by atoms with Crippen molar-refractivity contribution in [2.45, 2.75) is 44.9 Å². The first kappa shape index (κ1) is 13.3. The Morgan fingerprint density at radius 3 is 2.67 bits per heavy atom. The molecule has 0 atom stereocenters. The molecule has 0 N–H and O–H groups in total. The van der Waals surface area contributed by atoms with Gasteiger partial charge >= 0.3 is 0 Å². The Morgan fingerprint density at radius 2 is 2.00 bits per heavy atom. The van der Waals surface area contributed by atoms with Crippen LogP contribution in [0.1, 0.15) is 47.7 Å². The topological polar surface area (TPSA) is 12.9 Å². The van der Waals surface area contributed by atoms with E-state index in [1.165, 1.54) is 54.6 Å². The minimum Gasteiger partial charge on any atom is -0.384 e. The zero-order valence-electron chi connectivity index (χ0n) is 9.64. The van der Waals surface area contributed by atoms with E-state index in [1.54, 1.807) is 0 Å². The van der Waals surface area contributed by atoms with E-state index in [2.05, 4.69) is 18.0 Å². The van der Waals surface area contributed by atoms with Crippen LogP contribution in [0.2, 0.25) is 0 Å². The second kappa shape index (κ2) is 5.06. The molecular weight excluding hydrogens is 259 g/mol. The molecule has 1 fully saturated rings. The van der Waals surface area contributed by atoms with Gasteiger partial charge in [-0.05, 0) is 25.2 Å². The standard InChI is InChI=1S/C12H14N.CH3.Y/c1-8-11(9-5-6-9)7-10-3-2-4-12(10)13-8;;/h9H,2-6H2,1H3;1H3;/q2*-1;. The molecule has 2 aliphatic rings. The van der Waals surface area contributed by atoms with Gasteiger partial charge in [-0.1, -0.05) is 31.2 Å². The Labute approximate surface area is 118 Å². The molecule has 15 heavy (non-hydrogen) atoms. The predicted octanol–water partition coefficient (Wildman–Crippen LogP) is 3.00. The van der Waals surface area contributed by atoms with Gasteiger partial charge in [-0.2, -0.15) is 6.07 Å². The van der Waals surface area contributed by atoms with Gasteiger partial charge in [0.1, 0.15) is 0 Å². The summed E-state index contributed by atoms with van der Waals surface area (Å²) in [6.07, 6.45) is 6.39. The average molecular weight is 276 g/mol. The number of aromatic nitrogens is 1. The van der Waals surface area contributed by atoms with E-state index in [4.69, 9.17) is 0 Å². The fraction of sp³-hybridized carbons (Fsp3) is 0.538. The van der Waals surface area contributed by atoms with Crippen molar-refractivity contribution in [2.75, 3.05) is 0 Å². The second-order valence-electron chi connectivity index (χ2n) is 4.29. The zero-order chi connectivity index (χ0) is 8.84. The van der Waals surface area contributed by atoms with Crippen LogP contribution in [0.3, 0.4) is 0 Å². The van der Waals surface area contributed by atoms with Crippen LogP contribution in [0.4, 0.5) is 0 Å². The fourth-order valence-corrected chi connectivity index (χ4v) is 2.27. The summed E-state index contributed by atoms with van der Waals surface area (Å²) in [6, 6.07) is 3.59. The summed E-state index contributed by atoms with van der Waals surface area (Å²) in [4.78, 5) is 4.68. The monoisotopic (exact) mass is 276 g/mol. The first-order valence-electron chi connectivity index (χ1n) is 5.26. The van der Waals surface area contributed by atoms with Crippen molar-refractivity contribution < 1.29 is 32.7 Å². The normalized spacial score (nSPS) is 17.7. The third-order valence-corrected chi connectivity index (χ3v) is 3.15. The van der Waals surface area contributed by atoms with E-state index >= 15 is 0 Å². The molecule has 0 aromatic carbocycles. The molecule has 3 rings (SSSR count). The summed E-state index contributed by atoms with van der Waals surface area (Å²) in [5, 5.41) is 0. The molecule has 0 aliphatic heterocycles. The Balaban J connectivity index is 0.000000562. The molecule has 1 radical (unpaired) electrons. The van der Waals surface area contributed by atoms with Gasteiger partial charge in [0.05, 0.1) is 0 Å². The van der Waals surface area contributed by atoms with Crippen LogP contribution in [-0.2, 0) is 45.6 Å². The maximum Gasteiger partial charge on any atom is 0 e. The van der Waals surface area contributed by atoms with E-state index in [9.17, 15) is 0 Å². The van der Waals surface area contributed by atoms with Gasteiger partial charge in [0.2, 0.25) is 0 Å². The van der Waals surface area contributed by atoms with Gasteiger partial charge in [0, 0.05) is 32.7 Å². The van der Waals surface area contributed by atoms with Gasteiger partial charge < -0.3 is 12.4 Å². The number of hydrogen-bond acceptors (Lipinski definition) is 1. The molecule has 1 heterocycles. The third kappa shape index (κ3) is 2.50. The minimum absolute atomic E-state index is 0. The fourth-order valence-electron chi connectivity index (χ4n) is 2.27. The van der Waals surface area contributed by atoms with E-state index in [0.29, 0.717) is 0 Å². The number of aryl methyl sites for hydroxylation is 3. The van der Waals surface area contributed by atoms with Gasteiger partial charge in [0.15, 0.2) is 0 Å². The van der Waals surface area contributed by atoms with E-state index in [1.807, 2.05) is 0 Å². The van der Waals surface area contributed by atoms with Crippen molar-refractivity contribution in [2.24, 2.45) is 0 Å². The minimum atomic E-state index is 0. The Bertz CT molecular complexity index is 356. The number of fused-ring (bicyclic) bond motifs is 1. The van der Waals surface area contributed by atoms with Crippen molar-refractivity contribution in [3.63, 3.8) is 0 Å². The van der Waals surface area contributed by atoms with Gasteiger partial charge in [-0.3, -0.25) is 0 Å². The predicted molar refractivity (Wildman–Crippen MR) is 58.2 cm³/mol. The average Bonchev–Trinajstić information content (AvgIpc) is 2.85. The van der Waals surface area contributed by atoms with E-state index in [-0.39, 0.29) is 40.1 Å². The molecule has 1 aromatic heterocycles. The molecule has 1 saturated carbocycles. The van der Waals surface area contributed by atoms with Crippen LogP contribution in [0.25, 0.3) is 0 Å². The summed E-state index contributed by atoms with van der Waals surface area (Å²) in [7, 11) is 0. The van der Waals surface area contributed by atoms with Crippen molar-refractivity contribution in [3.8, 4) is 0 Å². The zero-order valence-corrected chi connectivity index (χ0v) is 12.5. The van der Waals surface area contributed by atoms with Crippen LogP contribution in [0.5, 0.6) is 0 Å². The maximum atomic E-state index is 4.68. The molecule has 1 nitrogen and oxygen atoms in total. The molecule has 1 aromatic rings. The molecule has 0 saturated heterocycles.